The molecule has 5 nitrogen and oxygen atoms in total. The van der Waals surface area contributed by atoms with Crippen molar-refractivity contribution in [2.24, 2.45) is 11.3 Å². The van der Waals surface area contributed by atoms with Crippen molar-refractivity contribution in [3.8, 4) is 11.1 Å². The van der Waals surface area contributed by atoms with Crippen LogP contribution in [0.15, 0.2) is 48.5 Å². The summed E-state index contributed by atoms with van der Waals surface area (Å²) >= 11 is 0. The molecular weight excluding hydrogens is 328 g/mol. The van der Waals surface area contributed by atoms with Gasteiger partial charge in [-0.2, -0.15) is 0 Å². The maximum Gasteiger partial charge on any atom is 0.313 e. The van der Waals surface area contributed by atoms with E-state index >= 15 is 0 Å². The maximum atomic E-state index is 12.0. The molecule has 0 aromatic heterocycles. The molecule has 2 aromatic rings. The Hall–Kier alpha value is -2.66. The van der Waals surface area contributed by atoms with Gasteiger partial charge in [0.1, 0.15) is 5.41 Å². The normalized spacial score (nSPS) is 25.1. The van der Waals surface area contributed by atoms with Crippen molar-refractivity contribution in [2.75, 3.05) is 19.6 Å². The quantitative estimate of drug-likeness (QED) is 0.888. The first-order chi connectivity index (χ1) is 12.5. The highest BCUT2D eigenvalue weighted by Gasteiger charge is 2.59. The SMILES string of the molecule is Cc1ccccc1-c1cccc(CN2C[C@H]3C(=O)NC[C@@]3(C(=O)O)C2)c1. The van der Waals surface area contributed by atoms with E-state index in [1.807, 2.05) is 18.2 Å². The van der Waals surface area contributed by atoms with Gasteiger partial charge in [0, 0.05) is 26.2 Å². The minimum atomic E-state index is -0.981. The van der Waals surface area contributed by atoms with Crippen LogP contribution in [0.2, 0.25) is 0 Å². The molecule has 134 valence electrons. The van der Waals surface area contributed by atoms with Gasteiger partial charge in [-0.25, -0.2) is 0 Å². The first-order valence-electron chi connectivity index (χ1n) is 8.88. The van der Waals surface area contributed by atoms with E-state index in [1.165, 1.54) is 11.1 Å². The van der Waals surface area contributed by atoms with E-state index in [2.05, 4.69) is 47.5 Å². The highest BCUT2D eigenvalue weighted by atomic mass is 16.4. The molecule has 0 radical (unpaired) electrons. The summed E-state index contributed by atoms with van der Waals surface area (Å²) < 4.78 is 0. The summed E-state index contributed by atoms with van der Waals surface area (Å²) in [6.45, 7) is 3.87. The van der Waals surface area contributed by atoms with Crippen molar-refractivity contribution in [1.82, 2.24) is 10.2 Å². The lowest BCUT2D eigenvalue weighted by atomic mass is 9.81. The number of rotatable bonds is 4. The van der Waals surface area contributed by atoms with E-state index in [9.17, 15) is 14.7 Å². The summed E-state index contributed by atoms with van der Waals surface area (Å²) in [4.78, 5) is 25.9. The third-order valence-electron chi connectivity index (χ3n) is 5.72. The Balaban J connectivity index is 1.56. The zero-order valence-electron chi connectivity index (χ0n) is 14.7. The highest BCUT2D eigenvalue weighted by molar-refractivity contribution is 5.92. The first kappa shape index (κ1) is 16.8. The molecule has 4 rings (SSSR count). The summed E-state index contributed by atoms with van der Waals surface area (Å²) in [6.07, 6.45) is 0. The predicted molar refractivity (Wildman–Crippen MR) is 98.5 cm³/mol. The molecule has 2 fully saturated rings. The van der Waals surface area contributed by atoms with E-state index in [0.29, 0.717) is 19.6 Å². The van der Waals surface area contributed by atoms with Gasteiger partial charge < -0.3 is 10.4 Å². The number of fused-ring (bicyclic) bond motifs is 1. The van der Waals surface area contributed by atoms with Crippen LogP contribution in [-0.4, -0.2) is 41.5 Å². The van der Waals surface area contributed by atoms with Crippen LogP contribution in [-0.2, 0) is 16.1 Å². The number of hydrogen-bond donors (Lipinski definition) is 2. The molecular formula is C21H22N2O3. The van der Waals surface area contributed by atoms with E-state index in [-0.39, 0.29) is 12.5 Å². The van der Waals surface area contributed by atoms with Crippen LogP contribution in [0.3, 0.4) is 0 Å². The second-order valence-corrected chi connectivity index (χ2v) is 7.42. The Kier molecular flexibility index (Phi) is 4.04. The fraction of sp³-hybridized carbons (Fsp3) is 0.333. The molecule has 2 N–H and O–H groups in total. The van der Waals surface area contributed by atoms with E-state index in [1.54, 1.807) is 0 Å². The number of aryl methyl sites for hydroxylation is 1. The van der Waals surface area contributed by atoms with Crippen LogP contribution >= 0.6 is 0 Å². The van der Waals surface area contributed by atoms with Crippen molar-refractivity contribution < 1.29 is 14.7 Å². The zero-order valence-corrected chi connectivity index (χ0v) is 14.7. The number of carbonyl (C=O) groups is 2. The Bertz CT molecular complexity index is 879. The zero-order chi connectivity index (χ0) is 18.3. The van der Waals surface area contributed by atoms with Crippen molar-refractivity contribution in [3.05, 3.63) is 59.7 Å². The van der Waals surface area contributed by atoms with Gasteiger partial charge >= 0.3 is 5.97 Å². The Morgan fingerprint density at radius 2 is 2.08 bits per heavy atom. The van der Waals surface area contributed by atoms with Crippen LogP contribution in [0.5, 0.6) is 0 Å². The molecule has 0 aliphatic carbocycles. The molecule has 2 saturated heterocycles. The van der Waals surface area contributed by atoms with Crippen LogP contribution in [0, 0.1) is 18.3 Å². The molecule has 2 heterocycles. The van der Waals surface area contributed by atoms with Gasteiger partial charge in [0.25, 0.3) is 0 Å². The molecule has 2 aromatic carbocycles. The van der Waals surface area contributed by atoms with Crippen LogP contribution < -0.4 is 5.32 Å². The largest absolute Gasteiger partial charge is 0.481 e. The topological polar surface area (TPSA) is 69.6 Å². The van der Waals surface area contributed by atoms with Crippen molar-refractivity contribution in [1.29, 1.82) is 0 Å². The van der Waals surface area contributed by atoms with Crippen LogP contribution in [0.25, 0.3) is 11.1 Å². The number of likely N-dealkylation sites (tertiary alicyclic amines) is 1. The minimum Gasteiger partial charge on any atom is -0.481 e. The number of nitrogens with zero attached hydrogens (tertiary/aromatic N) is 1. The monoisotopic (exact) mass is 350 g/mol. The van der Waals surface area contributed by atoms with Gasteiger partial charge in [0.15, 0.2) is 0 Å². The number of carbonyl (C=O) groups excluding carboxylic acids is 1. The van der Waals surface area contributed by atoms with Crippen molar-refractivity contribution in [2.45, 2.75) is 13.5 Å². The fourth-order valence-electron chi connectivity index (χ4n) is 4.29. The van der Waals surface area contributed by atoms with Crippen molar-refractivity contribution >= 4 is 11.9 Å². The average Bonchev–Trinajstić information content (AvgIpc) is 3.14. The molecule has 1 amide bonds. The molecule has 26 heavy (non-hydrogen) atoms. The number of amides is 1. The summed E-state index contributed by atoms with van der Waals surface area (Å²) in [5.41, 5.74) is 3.73. The number of hydrogen-bond acceptors (Lipinski definition) is 3. The molecule has 2 aliphatic rings. The summed E-state index contributed by atoms with van der Waals surface area (Å²) in [6, 6.07) is 16.6. The van der Waals surface area contributed by atoms with Gasteiger partial charge in [0.2, 0.25) is 5.91 Å². The first-order valence-corrected chi connectivity index (χ1v) is 8.88. The lowest BCUT2D eigenvalue weighted by molar-refractivity contribution is -0.149. The lowest BCUT2D eigenvalue weighted by Gasteiger charge is -2.22. The molecule has 5 heteroatoms. The standard InChI is InChI=1S/C21H22N2O3/c1-14-5-2-3-8-17(14)16-7-4-6-15(9-16)10-23-11-18-19(24)22-12-21(18,13-23)20(25)26/h2-9,18H,10-13H2,1H3,(H,22,24)(H,25,26)/t18-,21+/m0/s1. The molecule has 0 bridgehead atoms. The van der Waals surface area contributed by atoms with Gasteiger partial charge in [-0.3, -0.25) is 14.5 Å². The minimum absolute atomic E-state index is 0.136. The molecule has 0 spiro atoms. The summed E-state index contributed by atoms with van der Waals surface area (Å²) in [5.74, 6) is -1.47. The average molecular weight is 350 g/mol. The van der Waals surface area contributed by atoms with Gasteiger partial charge in [-0.1, -0.05) is 42.5 Å². The van der Waals surface area contributed by atoms with Crippen LogP contribution in [0.4, 0.5) is 0 Å². The van der Waals surface area contributed by atoms with Gasteiger partial charge in [-0.05, 0) is 35.2 Å². The lowest BCUT2D eigenvalue weighted by Crippen LogP contribution is -2.40. The van der Waals surface area contributed by atoms with Crippen molar-refractivity contribution in [3.63, 3.8) is 0 Å². The summed E-state index contributed by atoms with van der Waals surface area (Å²) in [5, 5.41) is 12.4. The number of carboxylic acids is 1. The molecule has 2 aliphatic heterocycles. The Morgan fingerprint density at radius 3 is 2.81 bits per heavy atom. The second-order valence-electron chi connectivity index (χ2n) is 7.42. The summed E-state index contributed by atoms with van der Waals surface area (Å²) in [7, 11) is 0. The molecule has 0 unspecified atom stereocenters. The Labute approximate surface area is 152 Å². The predicted octanol–water partition coefficient (Wildman–Crippen LogP) is 2.29. The molecule has 0 saturated carbocycles. The van der Waals surface area contributed by atoms with E-state index < -0.39 is 17.3 Å². The van der Waals surface area contributed by atoms with Crippen LogP contribution in [0.1, 0.15) is 11.1 Å². The number of carboxylic acid groups (broad SMARTS) is 1. The van der Waals surface area contributed by atoms with Gasteiger partial charge in [-0.15, -0.1) is 0 Å². The van der Waals surface area contributed by atoms with E-state index in [0.717, 1.165) is 11.1 Å². The fourth-order valence-corrected chi connectivity index (χ4v) is 4.29. The van der Waals surface area contributed by atoms with E-state index in [4.69, 9.17) is 0 Å². The second kappa shape index (κ2) is 6.25. The van der Waals surface area contributed by atoms with Gasteiger partial charge in [0.05, 0.1) is 5.92 Å². The Morgan fingerprint density at radius 1 is 1.27 bits per heavy atom. The smallest absolute Gasteiger partial charge is 0.313 e. The number of benzene rings is 2. The third-order valence-corrected chi connectivity index (χ3v) is 5.72. The molecule has 2 atom stereocenters. The highest BCUT2D eigenvalue weighted by Crippen LogP contribution is 2.40. The third kappa shape index (κ3) is 2.69. The number of aliphatic carboxylic acids is 1. The number of nitrogens with one attached hydrogen (secondary N) is 1. The maximum absolute atomic E-state index is 12.0.